The Morgan fingerprint density at radius 1 is 1.29 bits per heavy atom. The maximum atomic E-state index is 6.03. The predicted octanol–water partition coefficient (Wildman–Crippen LogP) is 3.21. The molecule has 1 saturated heterocycles. The van der Waals surface area contributed by atoms with Gasteiger partial charge in [-0.25, -0.2) is 0 Å². The zero-order valence-corrected chi connectivity index (χ0v) is 12.3. The first-order chi connectivity index (χ1) is 8.09. The van der Waals surface area contributed by atoms with Crippen LogP contribution in [-0.4, -0.2) is 35.8 Å². The molecule has 3 unspecified atom stereocenters. The average Bonchev–Trinajstić information content (AvgIpc) is 2.67. The zero-order valence-electron chi connectivity index (χ0n) is 11.5. The first kappa shape index (κ1) is 13.7. The summed E-state index contributed by atoms with van der Waals surface area (Å²) in [5.41, 5.74) is 0.112. The second-order valence-electron chi connectivity index (χ2n) is 6.17. The van der Waals surface area contributed by atoms with E-state index < -0.39 is 0 Å². The van der Waals surface area contributed by atoms with Gasteiger partial charge in [0.2, 0.25) is 0 Å². The number of rotatable bonds is 4. The minimum Gasteiger partial charge on any atom is -0.371 e. The Labute approximate surface area is 110 Å². The monoisotopic (exact) mass is 257 g/mol. The summed E-state index contributed by atoms with van der Waals surface area (Å²) in [7, 11) is 0. The molecular formula is C14H27NOS. The topological polar surface area (TPSA) is 21.3 Å². The molecule has 3 heteroatoms. The lowest BCUT2D eigenvalue weighted by Crippen LogP contribution is -2.39. The quantitative estimate of drug-likeness (QED) is 0.835. The van der Waals surface area contributed by atoms with Crippen molar-refractivity contribution in [1.29, 1.82) is 0 Å². The summed E-state index contributed by atoms with van der Waals surface area (Å²) in [4.78, 5) is 0. The van der Waals surface area contributed by atoms with Crippen LogP contribution >= 0.6 is 11.8 Å². The SMILES string of the molecule is CSC1CCCC(NCC2CCC(C)(C)O2)C1. The van der Waals surface area contributed by atoms with Crippen molar-refractivity contribution in [3.05, 3.63) is 0 Å². The van der Waals surface area contributed by atoms with E-state index in [1.807, 2.05) is 11.8 Å². The number of nitrogens with one attached hydrogen (secondary N) is 1. The minimum absolute atomic E-state index is 0.112. The van der Waals surface area contributed by atoms with E-state index in [1.165, 1.54) is 38.5 Å². The van der Waals surface area contributed by atoms with Crippen LogP contribution in [0.3, 0.4) is 0 Å². The summed E-state index contributed by atoms with van der Waals surface area (Å²) < 4.78 is 6.03. The summed E-state index contributed by atoms with van der Waals surface area (Å²) in [5, 5.41) is 4.60. The van der Waals surface area contributed by atoms with Crippen LogP contribution in [0.15, 0.2) is 0 Å². The Morgan fingerprint density at radius 2 is 2.12 bits per heavy atom. The molecule has 1 aliphatic heterocycles. The molecule has 2 rings (SSSR count). The normalized spacial score (nSPS) is 37.2. The van der Waals surface area contributed by atoms with E-state index in [0.717, 1.165) is 17.8 Å². The lowest BCUT2D eigenvalue weighted by Gasteiger charge is -2.30. The second-order valence-corrected chi connectivity index (χ2v) is 7.31. The first-order valence-electron chi connectivity index (χ1n) is 7.03. The van der Waals surface area contributed by atoms with Crippen molar-refractivity contribution < 1.29 is 4.74 Å². The molecule has 0 aromatic rings. The van der Waals surface area contributed by atoms with Crippen LogP contribution in [0.1, 0.15) is 52.4 Å². The molecule has 0 spiro atoms. The van der Waals surface area contributed by atoms with Gasteiger partial charge in [-0.3, -0.25) is 0 Å². The Balaban J connectivity index is 1.68. The van der Waals surface area contributed by atoms with Crippen molar-refractivity contribution in [2.45, 2.75) is 75.4 Å². The highest BCUT2D eigenvalue weighted by Gasteiger charge is 2.32. The highest BCUT2D eigenvalue weighted by molar-refractivity contribution is 7.99. The van der Waals surface area contributed by atoms with Gasteiger partial charge in [0.15, 0.2) is 0 Å². The lowest BCUT2D eigenvalue weighted by atomic mass is 9.95. The van der Waals surface area contributed by atoms with Gasteiger partial charge in [0, 0.05) is 17.8 Å². The lowest BCUT2D eigenvalue weighted by molar-refractivity contribution is -0.0155. The van der Waals surface area contributed by atoms with Gasteiger partial charge in [-0.05, 0) is 52.2 Å². The third kappa shape index (κ3) is 4.15. The molecule has 0 amide bonds. The molecule has 2 nitrogen and oxygen atoms in total. The molecule has 0 aromatic carbocycles. The standard InChI is InChI=1S/C14H27NOS/c1-14(2)8-7-12(16-14)10-15-11-5-4-6-13(9-11)17-3/h11-13,15H,4-10H2,1-3H3. The molecule has 1 heterocycles. The molecule has 0 radical (unpaired) electrons. The smallest absolute Gasteiger partial charge is 0.0707 e. The van der Waals surface area contributed by atoms with E-state index in [4.69, 9.17) is 4.74 Å². The summed E-state index contributed by atoms with van der Waals surface area (Å²) >= 11 is 2.04. The number of ether oxygens (including phenoxy) is 1. The van der Waals surface area contributed by atoms with E-state index in [0.29, 0.717) is 6.10 Å². The van der Waals surface area contributed by atoms with Gasteiger partial charge >= 0.3 is 0 Å². The molecule has 0 aromatic heterocycles. The third-order valence-electron chi connectivity index (χ3n) is 4.15. The number of hydrogen-bond acceptors (Lipinski definition) is 3. The fourth-order valence-corrected chi connectivity index (χ4v) is 3.89. The van der Waals surface area contributed by atoms with Gasteiger partial charge in [0.1, 0.15) is 0 Å². The maximum absolute atomic E-state index is 6.03. The summed E-state index contributed by atoms with van der Waals surface area (Å²) in [6, 6.07) is 0.730. The largest absolute Gasteiger partial charge is 0.371 e. The molecule has 2 aliphatic rings. The highest BCUT2D eigenvalue weighted by Crippen LogP contribution is 2.30. The Hall–Kier alpha value is 0.270. The Morgan fingerprint density at radius 3 is 2.76 bits per heavy atom. The number of thioether (sulfide) groups is 1. The van der Waals surface area contributed by atoms with Gasteiger partial charge in [-0.2, -0.15) is 11.8 Å². The van der Waals surface area contributed by atoms with E-state index in [1.54, 1.807) is 0 Å². The van der Waals surface area contributed by atoms with Crippen molar-refractivity contribution in [2.75, 3.05) is 12.8 Å². The molecule has 17 heavy (non-hydrogen) atoms. The number of hydrogen-bond donors (Lipinski definition) is 1. The minimum atomic E-state index is 0.112. The second kappa shape index (κ2) is 5.94. The molecular weight excluding hydrogens is 230 g/mol. The van der Waals surface area contributed by atoms with Crippen LogP contribution in [0.2, 0.25) is 0 Å². The average molecular weight is 257 g/mol. The predicted molar refractivity (Wildman–Crippen MR) is 75.7 cm³/mol. The molecule has 0 bridgehead atoms. The zero-order chi connectivity index (χ0) is 12.3. The van der Waals surface area contributed by atoms with Crippen molar-refractivity contribution in [1.82, 2.24) is 5.32 Å². The van der Waals surface area contributed by atoms with Crippen LogP contribution < -0.4 is 5.32 Å². The van der Waals surface area contributed by atoms with E-state index in [-0.39, 0.29) is 5.60 Å². The van der Waals surface area contributed by atoms with E-state index >= 15 is 0 Å². The Bertz CT molecular complexity index is 244. The van der Waals surface area contributed by atoms with Crippen LogP contribution in [0.25, 0.3) is 0 Å². The summed E-state index contributed by atoms with van der Waals surface area (Å²) in [6.45, 7) is 5.46. The molecule has 2 fully saturated rings. The fraction of sp³-hybridized carbons (Fsp3) is 1.00. The van der Waals surface area contributed by atoms with E-state index in [2.05, 4.69) is 25.4 Å². The molecule has 1 N–H and O–H groups in total. The van der Waals surface area contributed by atoms with Gasteiger partial charge in [-0.1, -0.05) is 6.42 Å². The molecule has 3 atom stereocenters. The first-order valence-corrected chi connectivity index (χ1v) is 8.32. The summed E-state index contributed by atoms with van der Waals surface area (Å²) in [6.07, 6.45) is 10.6. The highest BCUT2D eigenvalue weighted by atomic mass is 32.2. The van der Waals surface area contributed by atoms with Gasteiger partial charge < -0.3 is 10.1 Å². The summed E-state index contributed by atoms with van der Waals surface area (Å²) in [5.74, 6) is 0. The fourth-order valence-electron chi connectivity index (χ4n) is 3.06. The third-order valence-corrected chi connectivity index (χ3v) is 5.24. The van der Waals surface area contributed by atoms with Crippen LogP contribution in [0.5, 0.6) is 0 Å². The van der Waals surface area contributed by atoms with Crippen molar-refractivity contribution in [2.24, 2.45) is 0 Å². The van der Waals surface area contributed by atoms with Crippen molar-refractivity contribution in [3.63, 3.8) is 0 Å². The van der Waals surface area contributed by atoms with Gasteiger partial charge in [-0.15, -0.1) is 0 Å². The van der Waals surface area contributed by atoms with Gasteiger partial charge in [0.25, 0.3) is 0 Å². The molecule has 1 saturated carbocycles. The van der Waals surface area contributed by atoms with Crippen LogP contribution in [-0.2, 0) is 4.74 Å². The van der Waals surface area contributed by atoms with E-state index in [9.17, 15) is 0 Å². The Kier molecular flexibility index (Phi) is 4.79. The molecule has 1 aliphatic carbocycles. The van der Waals surface area contributed by atoms with Crippen LogP contribution in [0.4, 0.5) is 0 Å². The van der Waals surface area contributed by atoms with Crippen molar-refractivity contribution >= 4 is 11.8 Å². The van der Waals surface area contributed by atoms with Crippen molar-refractivity contribution in [3.8, 4) is 0 Å². The maximum Gasteiger partial charge on any atom is 0.0707 e. The van der Waals surface area contributed by atoms with Gasteiger partial charge in [0.05, 0.1) is 11.7 Å². The molecule has 100 valence electrons. The van der Waals surface area contributed by atoms with Crippen LogP contribution in [0, 0.1) is 0 Å².